The van der Waals surface area contributed by atoms with Crippen molar-refractivity contribution in [2.75, 3.05) is 37.7 Å². The molecular formula is C38H40ClFN6O4. The van der Waals surface area contributed by atoms with Gasteiger partial charge in [-0.1, -0.05) is 24.3 Å². The largest absolute Gasteiger partial charge is 0.508 e. The highest BCUT2D eigenvalue weighted by Crippen LogP contribution is 2.35. The number of anilines is 2. The van der Waals surface area contributed by atoms with Crippen molar-refractivity contribution in [2.24, 2.45) is 14.0 Å². The van der Waals surface area contributed by atoms with E-state index in [2.05, 4.69) is 16.1 Å². The number of phenols is 1. The van der Waals surface area contributed by atoms with Crippen LogP contribution in [0.2, 0.25) is 0 Å². The predicted molar refractivity (Wildman–Crippen MR) is 192 cm³/mol. The molecule has 0 radical (unpaired) electrons. The van der Waals surface area contributed by atoms with Crippen molar-refractivity contribution in [1.29, 1.82) is 0 Å². The molecule has 2 aliphatic heterocycles. The Hall–Kier alpha value is -4.97. The van der Waals surface area contributed by atoms with Gasteiger partial charge in [-0.15, -0.1) is 12.4 Å². The highest BCUT2D eigenvalue weighted by atomic mass is 35.5. The van der Waals surface area contributed by atoms with Crippen LogP contribution in [0.15, 0.2) is 85.2 Å². The third-order valence-electron chi connectivity index (χ3n) is 9.58. The molecule has 0 bridgehead atoms. The lowest BCUT2D eigenvalue weighted by molar-refractivity contribution is 0.0193. The predicted octanol–water partition coefficient (Wildman–Crippen LogP) is 5.88. The van der Waals surface area contributed by atoms with Crippen molar-refractivity contribution in [3.05, 3.63) is 119 Å². The average molecular weight is 702 g/mol. The first-order valence-electron chi connectivity index (χ1n) is 17.7. The zero-order valence-corrected chi connectivity index (χ0v) is 28.6. The van der Waals surface area contributed by atoms with E-state index in [0.717, 1.165) is 23.3 Å². The molecule has 10 nitrogen and oxygen atoms in total. The minimum atomic E-state index is -2.57. The number of aryl methyl sites for hydroxylation is 1. The van der Waals surface area contributed by atoms with Crippen LogP contribution in [0, 0.1) is 12.7 Å². The first-order chi connectivity index (χ1) is 24.9. The summed E-state index contributed by atoms with van der Waals surface area (Å²) in [7, 11) is 1.75. The number of aromatic nitrogens is 3. The van der Waals surface area contributed by atoms with E-state index in [9.17, 15) is 14.7 Å². The van der Waals surface area contributed by atoms with Gasteiger partial charge >= 0.3 is 0 Å². The molecule has 1 saturated heterocycles. The summed E-state index contributed by atoms with van der Waals surface area (Å²) >= 11 is 0. The van der Waals surface area contributed by atoms with Crippen LogP contribution in [-0.4, -0.2) is 80.0 Å². The number of fused-ring (bicyclic) bond motifs is 1. The molecule has 1 atom stereocenters. The molecule has 5 aromatic rings. The molecule has 50 heavy (non-hydrogen) atoms. The highest BCUT2D eigenvalue weighted by Gasteiger charge is 2.34. The number of benzene rings is 3. The molecule has 12 heteroatoms. The van der Waals surface area contributed by atoms with Crippen molar-refractivity contribution in [3.63, 3.8) is 0 Å². The Bertz CT molecular complexity index is 2130. The van der Waals surface area contributed by atoms with Crippen LogP contribution in [0.4, 0.5) is 15.8 Å². The number of carbonyl (C=O) groups excluding carboxylic acids is 2. The number of halogens is 2. The average Bonchev–Trinajstić information content (AvgIpc) is 3.74. The van der Waals surface area contributed by atoms with Gasteiger partial charge < -0.3 is 19.3 Å². The van der Waals surface area contributed by atoms with Crippen molar-refractivity contribution in [2.45, 2.75) is 25.9 Å². The van der Waals surface area contributed by atoms with Crippen molar-refractivity contribution in [3.8, 4) is 17.0 Å². The Morgan fingerprint density at radius 3 is 2.48 bits per heavy atom. The second-order valence-electron chi connectivity index (χ2n) is 12.6. The number of aromatic hydroxyl groups is 1. The van der Waals surface area contributed by atoms with E-state index in [-0.39, 0.29) is 41.4 Å². The van der Waals surface area contributed by atoms with Gasteiger partial charge in [0.25, 0.3) is 11.8 Å². The molecule has 1 fully saturated rings. The van der Waals surface area contributed by atoms with Crippen LogP contribution in [0.3, 0.4) is 0 Å². The molecule has 260 valence electrons. The maximum atomic E-state index is 15.1. The lowest BCUT2D eigenvalue weighted by Crippen LogP contribution is -2.52. The van der Waals surface area contributed by atoms with Gasteiger partial charge in [-0.3, -0.25) is 24.1 Å². The highest BCUT2D eigenvalue weighted by molar-refractivity contribution is 6.12. The molecule has 4 heterocycles. The first kappa shape index (κ1) is 31.0. The summed E-state index contributed by atoms with van der Waals surface area (Å²) in [6, 6.07) is 19.6. The minimum absolute atomic E-state index is 0. The third-order valence-corrected chi connectivity index (χ3v) is 9.58. The maximum absolute atomic E-state index is 15.1. The molecule has 0 aliphatic carbocycles. The van der Waals surface area contributed by atoms with E-state index in [0.29, 0.717) is 60.9 Å². The van der Waals surface area contributed by atoms with Gasteiger partial charge in [0.05, 0.1) is 30.7 Å². The summed E-state index contributed by atoms with van der Waals surface area (Å²) in [6.45, 7) is 3.08. The topological polar surface area (TPSA) is 96.1 Å². The zero-order valence-electron chi connectivity index (χ0n) is 30.8. The van der Waals surface area contributed by atoms with Crippen LogP contribution in [0.5, 0.6) is 5.75 Å². The van der Waals surface area contributed by atoms with E-state index < -0.39 is 18.7 Å². The molecular weight excluding hydrogens is 659 g/mol. The Balaban J connectivity index is 0.00000481. The Morgan fingerprint density at radius 1 is 1.02 bits per heavy atom. The number of morpholine rings is 1. The molecule has 7 rings (SSSR count). The molecule has 0 unspecified atom stereocenters. The number of carbonyl (C=O) groups is 2. The molecule has 1 N–H and O–H groups in total. The summed E-state index contributed by atoms with van der Waals surface area (Å²) in [5.74, 6) is -1.30. The molecule has 2 amide bonds. The fourth-order valence-corrected chi connectivity index (χ4v) is 6.85. The Morgan fingerprint density at radius 2 is 1.76 bits per heavy atom. The van der Waals surface area contributed by atoms with Gasteiger partial charge in [0, 0.05) is 84.8 Å². The normalized spacial score (nSPS) is 17.2. The van der Waals surface area contributed by atoms with Crippen LogP contribution >= 0.6 is 12.4 Å². The SMILES string of the molecule is Cl.[2H]C([2H])([2H])n1cc(N(C(=O)c2cc(-c3cc(F)ccc3C(=O)N3Cc4ccccc4C[C@H]3CN3CCOCC3)n(C)c2C)c2ccc(O)cc2)cn1. The van der Waals surface area contributed by atoms with E-state index in [1.807, 2.05) is 23.1 Å². The lowest BCUT2D eigenvalue weighted by atomic mass is 9.92. The third kappa shape index (κ3) is 6.76. The Labute approximate surface area is 300 Å². The van der Waals surface area contributed by atoms with Gasteiger partial charge in [-0.05, 0) is 73.0 Å². The fourth-order valence-electron chi connectivity index (χ4n) is 6.85. The monoisotopic (exact) mass is 701 g/mol. The second-order valence-corrected chi connectivity index (χ2v) is 12.6. The second kappa shape index (κ2) is 14.5. The quantitative estimate of drug-likeness (QED) is 0.228. The molecule has 3 aromatic carbocycles. The van der Waals surface area contributed by atoms with E-state index >= 15 is 4.39 Å². The summed E-state index contributed by atoms with van der Waals surface area (Å²) in [5, 5.41) is 13.9. The minimum Gasteiger partial charge on any atom is -0.508 e. The van der Waals surface area contributed by atoms with E-state index in [1.165, 1.54) is 65.3 Å². The number of nitrogens with zero attached hydrogens (tertiary/aromatic N) is 6. The van der Waals surface area contributed by atoms with Crippen LogP contribution in [0.1, 0.15) is 41.6 Å². The number of hydrogen-bond acceptors (Lipinski definition) is 6. The van der Waals surface area contributed by atoms with Gasteiger partial charge in [0.2, 0.25) is 0 Å². The van der Waals surface area contributed by atoms with E-state index in [1.54, 1.807) is 24.6 Å². The summed E-state index contributed by atoms with van der Waals surface area (Å²) in [5.41, 5.74) is 4.69. The number of hydrogen-bond donors (Lipinski definition) is 1. The van der Waals surface area contributed by atoms with Crippen LogP contribution in [-0.2, 0) is 31.7 Å². The van der Waals surface area contributed by atoms with Crippen LogP contribution < -0.4 is 4.90 Å². The number of ether oxygens (including phenoxy) is 1. The maximum Gasteiger partial charge on any atom is 0.264 e. The van der Waals surface area contributed by atoms with Crippen molar-refractivity contribution < 1.29 is 27.9 Å². The van der Waals surface area contributed by atoms with E-state index in [4.69, 9.17) is 8.85 Å². The lowest BCUT2D eigenvalue weighted by Gasteiger charge is -2.40. The smallest absolute Gasteiger partial charge is 0.264 e. The van der Waals surface area contributed by atoms with Crippen LogP contribution in [0.25, 0.3) is 11.3 Å². The standard InChI is InChI=1S/C38H39FN6O4.ClH/c1-25-34(38(48)45(31-21-40-41(2)23-31)29-9-11-32(46)12-10-29)20-36(42(25)3)35-19-28(39)8-13-33(35)37(47)44-22-27-7-5-4-6-26(27)18-30(44)24-43-14-16-49-17-15-43;/h4-13,19-21,23,30,46H,14-18,22,24H2,1-3H3;1H/t30-;/m0./s1/i2D3;. The van der Waals surface area contributed by atoms with Gasteiger partial charge in [0.1, 0.15) is 11.6 Å². The van der Waals surface area contributed by atoms with Gasteiger partial charge in [0.15, 0.2) is 0 Å². The van der Waals surface area contributed by atoms with Crippen molar-refractivity contribution >= 4 is 35.6 Å². The van der Waals surface area contributed by atoms with Gasteiger partial charge in [-0.2, -0.15) is 5.10 Å². The summed E-state index contributed by atoms with van der Waals surface area (Å²) < 4.78 is 46.6. The number of rotatable bonds is 7. The molecule has 0 spiro atoms. The summed E-state index contributed by atoms with van der Waals surface area (Å²) in [6.07, 6.45) is 3.22. The summed E-state index contributed by atoms with van der Waals surface area (Å²) in [4.78, 5) is 34.7. The number of phenolic OH excluding ortho intramolecular Hbond substituents is 1. The molecule has 0 saturated carbocycles. The Kier molecular flexibility index (Phi) is 8.99. The fraction of sp³-hybridized carbons (Fsp3) is 0.289. The molecule has 2 aliphatic rings. The first-order valence-corrected chi connectivity index (χ1v) is 16.2. The molecule has 2 aromatic heterocycles. The zero-order chi connectivity index (χ0) is 36.7. The van der Waals surface area contributed by atoms with Crippen molar-refractivity contribution in [1.82, 2.24) is 24.1 Å². The van der Waals surface area contributed by atoms with Gasteiger partial charge in [-0.25, -0.2) is 4.39 Å². The number of amides is 2.